The summed E-state index contributed by atoms with van der Waals surface area (Å²) < 4.78 is 5.32. The van der Waals surface area contributed by atoms with E-state index in [4.69, 9.17) is 4.42 Å². The number of carbonyl (C=O) groups excluding carboxylic acids is 2. The largest absolute Gasteiger partial charge is 0.456 e. The summed E-state index contributed by atoms with van der Waals surface area (Å²) in [5, 5.41) is 2.66. The average Bonchev–Trinajstić information content (AvgIpc) is 2.45. The Morgan fingerprint density at radius 1 is 1.29 bits per heavy atom. The summed E-state index contributed by atoms with van der Waals surface area (Å²) in [6, 6.07) is 2.55. The van der Waals surface area contributed by atoms with Gasteiger partial charge in [0.2, 0.25) is 5.91 Å². The third-order valence-corrected chi connectivity index (χ3v) is 4.03. The van der Waals surface area contributed by atoms with Gasteiger partial charge in [-0.05, 0) is 19.8 Å². The van der Waals surface area contributed by atoms with Gasteiger partial charge in [0.15, 0.2) is 11.2 Å². The zero-order valence-electron chi connectivity index (χ0n) is 12.6. The van der Waals surface area contributed by atoms with Crippen LogP contribution in [0.4, 0.5) is 0 Å². The Labute approximate surface area is 123 Å². The minimum Gasteiger partial charge on any atom is -0.456 e. The minimum atomic E-state index is -0.445. The van der Waals surface area contributed by atoms with Crippen LogP contribution in [0.15, 0.2) is 21.3 Å². The second-order valence-electron chi connectivity index (χ2n) is 5.70. The van der Waals surface area contributed by atoms with Crippen molar-refractivity contribution in [1.29, 1.82) is 0 Å². The number of piperidine rings is 1. The molecule has 2 amide bonds. The Morgan fingerprint density at radius 2 is 1.90 bits per heavy atom. The minimum absolute atomic E-state index is 0.00307. The Bertz CT molecular complexity index is 612. The second kappa shape index (κ2) is 5.71. The van der Waals surface area contributed by atoms with Gasteiger partial charge in [-0.1, -0.05) is 6.92 Å². The molecule has 0 aliphatic carbocycles. The summed E-state index contributed by atoms with van der Waals surface area (Å²) in [5.41, 5.74) is -0.687. The van der Waals surface area contributed by atoms with Crippen molar-refractivity contribution in [2.75, 3.05) is 20.1 Å². The van der Waals surface area contributed by atoms with Crippen LogP contribution >= 0.6 is 0 Å². The molecule has 2 heterocycles. The highest BCUT2D eigenvalue weighted by Crippen LogP contribution is 2.31. The summed E-state index contributed by atoms with van der Waals surface area (Å²) in [6.45, 7) is 4.48. The molecule has 1 fully saturated rings. The number of nitrogens with one attached hydrogen (secondary N) is 1. The fourth-order valence-corrected chi connectivity index (χ4v) is 2.60. The van der Waals surface area contributed by atoms with Gasteiger partial charge < -0.3 is 14.6 Å². The molecule has 1 aromatic rings. The highest BCUT2D eigenvalue weighted by Gasteiger charge is 2.38. The van der Waals surface area contributed by atoms with Gasteiger partial charge >= 0.3 is 0 Å². The smallest absolute Gasteiger partial charge is 0.289 e. The SMILES string of the molecule is CNC(=O)C1(C)CCN(C(=O)c2cc(=O)cc(C)o2)CC1. The quantitative estimate of drug-likeness (QED) is 0.879. The number of hydrogen-bond acceptors (Lipinski definition) is 4. The molecule has 1 N–H and O–H groups in total. The third kappa shape index (κ3) is 3.15. The van der Waals surface area contributed by atoms with Crippen molar-refractivity contribution >= 4 is 11.8 Å². The highest BCUT2D eigenvalue weighted by molar-refractivity contribution is 5.91. The molecule has 0 radical (unpaired) electrons. The number of rotatable bonds is 2. The van der Waals surface area contributed by atoms with Gasteiger partial charge in [-0.15, -0.1) is 0 Å². The molecule has 21 heavy (non-hydrogen) atoms. The first-order valence-corrected chi connectivity index (χ1v) is 6.99. The molecule has 1 aromatic heterocycles. The fourth-order valence-electron chi connectivity index (χ4n) is 2.60. The molecule has 1 aliphatic heterocycles. The van der Waals surface area contributed by atoms with E-state index in [2.05, 4.69) is 5.32 Å². The van der Waals surface area contributed by atoms with Gasteiger partial charge in [0.1, 0.15) is 5.76 Å². The van der Waals surface area contributed by atoms with E-state index in [0.717, 1.165) is 0 Å². The Hall–Kier alpha value is -2.11. The molecular formula is C15H20N2O4. The van der Waals surface area contributed by atoms with Crippen LogP contribution in [0.2, 0.25) is 0 Å². The lowest BCUT2D eigenvalue weighted by Crippen LogP contribution is -2.48. The standard InChI is InChI=1S/C15H20N2O4/c1-10-8-11(18)9-12(21-10)13(19)17-6-4-15(2,5-7-17)14(20)16-3/h8-9H,4-7H2,1-3H3,(H,16,20). The monoisotopic (exact) mass is 292 g/mol. The van der Waals surface area contributed by atoms with Crippen molar-refractivity contribution in [3.05, 3.63) is 33.9 Å². The van der Waals surface area contributed by atoms with Crippen molar-refractivity contribution in [3.63, 3.8) is 0 Å². The number of amides is 2. The van der Waals surface area contributed by atoms with Crippen molar-refractivity contribution < 1.29 is 14.0 Å². The second-order valence-corrected chi connectivity index (χ2v) is 5.70. The molecule has 6 nitrogen and oxygen atoms in total. The Balaban J connectivity index is 2.10. The van der Waals surface area contributed by atoms with Gasteiger partial charge in [-0.3, -0.25) is 14.4 Å². The lowest BCUT2D eigenvalue weighted by Gasteiger charge is -2.37. The summed E-state index contributed by atoms with van der Waals surface area (Å²) in [5.74, 6) is 0.174. The first-order chi connectivity index (χ1) is 9.85. The van der Waals surface area contributed by atoms with E-state index in [0.29, 0.717) is 31.7 Å². The molecule has 2 rings (SSSR count). The number of aryl methyl sites for hydroxylation is 1. The van der Waals surface area contributed by atoms with Gasteiger partial charge in [0.05, 0.1) is 0 Å². The molecule has 1 aliphatic rings. The van der Waals surface area contributed by atoms with Crippen LogP contribution in [0.5, 0.6) is 0 Å². The van der Waals surface area contributed by atoms with E-state index in [9.17, 15) is 14.4 Å². The molecule has 0 unspecified atom stereocenters. The van der Waals surface area contributed by atoms with Crippen molar-refractivity contribution in [2.45, 2.75) is 26.7 Å². The van der Waals surface area contributed by atoms with E-state index in [-0.39, 0.29) is 23.0 Å². The zero-order valence-corrected chi connectivity index (χ0v) is 12.6. The predicted octanol–water partition coefficient (Wildman–Crippen LogP) is 0.937. The van der Waals surface area contributed by atoms with Gasteiger partial charge in [-0.2, -0.15) is 0 Å². The van der Waals surface area contributed by atoms with E-state index in [1.807, 2.05) is 6.92 Å². The molecule has 0 saturated carbocycles. The Morgan fingerprint density at radius 3 is 2.43 bits per heavy atom. The van der Waals surface area contributed by atoms with Crippen LogP contribution in [0.3, 0.4) is 0 Å². The first kappa shape index (κ1) is 15.3. The molecule has 0 aromatic carbocycles. The first-order valence-electron chi connectivity index (χ1n) is 6.99. The zero-order chi connectivity index (χ0) is 15.6. The maximum Gasteiger partial charge on any atom is 0.289 e. The molecule has 0 atom stereocenters. The molecular weight excluding hydrogens is 272 g/mol. The number of carbonyl (C=O) groups is 2. The van der Waals surface area contributed by atoms with Crippen LogP contribution in [0.25, 0.3) is 0 Å². The molecule has 6 heteroatoms. The molecule has 0 bridgehead atoms. The number of hydrogen-bond donors (Lipinski definition) is 1. The van der Waals surface area contributed by atoms with Gasteiger partial charge in [0, 0.05) is 37.7 Å². The Kier molecular flexibility index (Phi) is 4.16. The molecule has 1 saturated heterocycles. The van der Waals surface area contributed by atoms with E-state index >= 15 is 0 Å². The lowest BCUT2D eigenvalue weighted by molar-refractivity contribution is -0.131. The van der Waals surface area contributed by atoms with Gasteiger partial charge in [-0.25, -0.2) is 0 Å². The van der Waals surface area contributed by atoms with E-state index in [1.165, 1.54) is 12.1 Å². The van der Waals surface area contributed by atoms with E-state index in [1.54, 1.807) is 18.9 Å². The van der Waals surface area contributed by atoms with Crippen molar-refractivity contribution in [2.24, 2.45) is 5.41 Å². The molecule has 0 spiro atoms. The normalized spacial score (nSPS) is 17.4. The topological polar surface area (TPSA) is 79.6 Å². The van der Waals surface area contributed by atoms with Gasteiger partial charge in [0.25, 0.3) is 5.91 Å². The fraction of sp³-hybridized carbons (Fsp3) is 0.533. The number of nitrogens with zero attached hydrogens (tertiary/aromatic N) is 1. The van der Waals surface area contributed by atoms with Crippen LogP contribution in [-0.2, 0) is 4.79 Å². The summed E-state index contributed by atoms with van der Waals surface area (Å²) in [6.07, 6.45) is 1.18. The predicted molar refractivity (Wildman–Crippen MR) is 77.0 cm³/mol. The number of likely N-dealkylation sites (tertiary alicyclic amines) is 1. The summed E-state index contributed by atoms with van der Waals surface area (Å²) >= 11 is 0. The van der Waals surface area contributed by atoms with Crippen molar-refractivity contribution in [1.82, 2.24) is 10.2 Å². The third-order valence-electron chi connectivity index (χ3n) is 4.03. The van der Waals surface area contributed by atoms with Crippen molar-refractivity contribution in [3.8, 4) is 0 Å². The lowest BCUT2D eigenvalue weighted by atomic mass is 9.79. The van der Waals surface area contributed by atoms with Crippen LogP contribution < -0.4 is 10.7 Å². The van der Waals surface area contributed by atoms with Crippen LogP contribution in [0.1, 0.15) is 36.1 Å². The molecule has 114 valence electrons. The van der Waals surface area contributed by atoms with Crippen LogP contribution in [-0.4, -0.2) is 36.9 Å². The maximum absolute atomic E-state index is 12.3. The van der Waals surface area contributed by atoms with E-state index < -0.39 is 5.41 Å². The average molecular weight is 292 g/mol. The van der Waals surface area contributed by atoms with Crippen LogP contribution in [0, 0.1) is 12.3 Å². The summed E-state index contributed by atoms with van der Waals surface area (Å²) in [7, 11) is 1.62. The highest BCUT2D eigenvalue weighted by atomic mass is 16.3. The maximum atomic E-state index is 12.3. The summed E-state index contributed by atoms with van der Waals surface area (Å²) in [4.78, 5) is 37.3.